The highest BCUT2D eigenvalue weighted by Crippen LogP contribution is 2.45. The van der Waals surface area contributed by atoms with Crippen LogP contribution < -0.4 is 16.0 Å². The third-order valence-electron chi connectivity index (χ3n) is 5.58. The lowest BCUT2D eigenvalue weighted by Crippen LogP contribution is -2.41. The molecule has 0 saturated heterocycles. The van der Waals surface area contributed by atoms with Crippen molar-refractivity contribution in [1.29, 1.82) is 0 Å². The van der Waals surface area contributed by atoms with E-state index in [1.165, 1.54) is 0 Å². The molecule has 1 unspecified atom stereocenters. The third kappa shape index (κ3) is 4.27. The van der Waals surface area contributed by atoms with Gasteiger partial charge in [-0.2, -0.15) is 0 Å². The minimum absolute atomic E-state index is 0.0351. The highest BCUT2D eigenvalue weighted by molar-refractivity contribution is 5.91. The van der Waals surface area contributed by atoms with Crippen LogP contribution in [0.3, 0.4) is 0 Å². The van der Waals surface area contributed by atoms with Gasteiger partial charge in [0.2, 0.25) is 0 Å². The Labute approximate surface area is 178 Å². The molecule has 0 aliphatic carbocycles. The molecule has 0 spiro atoms. The molecule has 1 atom stereocenters. The Bertz CT molecular complexity index is 952. The normalized spacial score (nSPS) is 17.1. The average molecular weight is 410 g/mol. The first-order chi connectivity index (χ1) is 14.1. The summed E-state index contributed by atoms with van der Waals surface area (Å²) in [6.07, 6.45) is 0.807. The second-order valence-corrected chi connectivity index (χ2v) is 8.73. The number of carbonyl (C=O) groups is 2. The molecule has 1 aliphatic rings. The van der Waals surface area contributed by atoms with E-state index >= 15 is 0 Å². The number of amides is 2. The summed E-state index contributed by atoms with van der Waals surface area (Å²) in [5.74, 6) is -0.298. The molecule has 160 valence electrons. The zero-order valence-corrected chi connectivity index (χ0v) is 18.4. The first kappa shape index (κ1) is 21.7. The minimum atomic E-state index is -0.463. The molecule has 0 radical (unpaired) electrons. The van der Waals surface area contributed by atoms with Gasteiger partial charge in [-0.25, -0.2) is 9.59 Å². The molecule has 3 rings (SSSR count). The predicted octanol–water partition coefficient (Wildman–Crippen LogP) is 4.89. The number of anilines is 2. The number of fused-ring (bicyclic) bond motifs is 1. The van der Waals surface area contributed by atoms with Crippen molar-refractivity contribution in [2.24, 2.45) is 11.1 Å². The molecule has 2 aromatic rings. The number of urea groups is 1. The van der Waals surface area contributed by atoms with Crippen LogP contribution in [0.1, 0.15) is 62.1 Å². The lowest BCUT2D eigenvalue weighted by molar-refractivity contribution is 0.0526. The number of nitrogens with one attached hydrogen (secondary N) is 1. The Hall–Kier alpha value is -3.02. The second kappa shape index (κ2) is 8.38. The van der Waals surface area contributed by atoms with Crippen molar-refractivity contribution in [2.45, 2.75) is 53.1 Å². The second-order valence-electron chi connectivity index (χ2n) is 8.73. The molecular weight excluding hydrogens is 378 g/mol. The van der Waals surface area contributed by atoms with Crippen LogP contribution in [0.25, 0.3) is 0 Å². The van der Waals surface area contributed by atoms with Crippen molar-refractivity contribution in [2.75, 3.05) is 16.8 Å². The van der Waals surface area contributed by atoms with Gasteiger partial charge in [0.15, 0.2) is 0 Å². The highest BCUT2D eigenvalue weighted by Gasteiger charge is 2.36. The van der Waals surface area contributed by atoms with E-state index in [1.54, 1.807) is 17.9 Å². The van der Waals surface area contributed by atoms with E-state index in [2.05, 4.69) is 25.2 Å². The zero-order valence-electron chi connectivity index (χ0n) is 18.4. The van der Waals surface area contributed by atoms with E-state index in [0.29, 0.717) is 12.2 Å². The van der Waals surface area contributed by atoms with Gasteiger partial charge in [0, 0.05) is 17.4 Å². The molecule has 2 amide bonds. The summed E-state index contributed by atoms with van der Waals surface area (Å²) in [5, 5.41) is 3.64. The highest BCUT2D eigenvalue weighted by atomic mass is 16.5. The fourth-order valence-corrected chi connectivity index (χ4v) is 4.23. The van der Waals surface area contributed by atoms with Crippen molar-refractivity contribution in [3.05, 3.63) is 59.2 Å². The molecule has 3 N–H and O–H groups in total. The maximum Gasteiger partial charge on any atom is 0.338 e. The standard InChI is InChI=1S/C24H31N3O3/c1-6-30-22(28)17-10-11-20-18(12-17)14-24(4,5)21(26-20)16-8-7-9-19(13-16)27(15(2)3)23(25)29/h7-13,15,21,26H,6,14H2,1-5H3,(H2,25,29). The lowest BCUT2D eigenvalue weighted by atomic mass is 9.72. The predicted molar refractivity (Wildman–Crippen MR) is 120 cm³/mol. The molecule has 2 aromatic carbocycles. The number of ether oxygens (including phenoxy) is 1. The number of esters is 1. The summed E-state index contributed by atoms with van der Waals surface area (Å²) >= 11 is 0. The number of benzene rings is 2. The van der Waals surface area contributed by atoms with Crippen LogP contribution in [0, 0.1) is 5.41 Å². The lowest BCUT2D eigenvalue weighted by Gasteiger charge is -2.41. The molecule has 1 aliphatic heterocycles. The van der Waals surface area contributed by atoms with Crippen LogP contribution in [-0.4, -0.2) is 24.6 Å². The van der Waals surface area contributed by atoms with Crippen LogP contribution in [0.15, 0.2) is 42.5 Å². The Morgan fingerprint density at radius 1 is 1.23 bits per heavy atom. The third-order valence-corrected chi connectivity index (χ3v) is 5.58. The first-order valence-electron chi connectivity index (χ1n) is 10.4. The largest absolute Gasteiger partial charge is 0.462 e. The van der Waals surface area contributed by atoms with Gasteiger partial charge in [-0.3, -0.25) is 4.90 Å². The van der Waals surface area contributed by atoms with Gasteiger partial charge in [0.25, 0.3) is 0 Å². The molecule has 0 fully saturated rings. The average Bonchev–Trinajstić information content (AvgIpc) is 2.66. The van der Waals surface area contributed by atoms with Crippen molar-refractivity contribution >= 4 is 23.4 Å². The van der Waals surface area contributed by atoms with Gasteiger partial charge < -0.3 is 15.8 Å². The molecule has 6 nitrogen and oxygen atoms in total. The Morgan fingerprint density at radius 2 is 1.97 bits per heavy atom. The van der Waals surface area contributed by atoms with E-state index in [4.69, 9.17) is 10.5 Å². The fraction of sp³-hybridized carbons (Fsp3) is 0.417. The number of primary amides is 1. The van der Waals surface area contributed by atoms with E-state index in [9.17, 15) is 9.59 Å². The van der Waals surface area contributed by atoms with Crippen LogP contribution in [0.5, 0.6) is 0 Å². The maximum atomic E-state index is 12.1. The van der Waals surface area contributed by atoms with Crippen LogP contribution >= 0.6 is 0 Å². The van der Waals surface area contributed by atoms with Crippen molar-refractivity contribution in [1.82, 2.24) is 0 Å². The first-order valence-corrected chi connectivity index (χ1v) is 10.4. The molecule has 1 heterocycles. The van der Waals surface area contributed by atoms with Crippen LogP contribution in [-0.2, 0) is 11.2 Å². The Balaban J connectivity index is 1.94. The summed E-state index contributed by atoms with van der Waals surface area (Å²) in [4.78, 5) is 25.6. The molecule has 0 aromatic heterocycles. The minimum Gasteiger partial charge on any atom is -0.462 e. The van der Waals surface area contributed by atoms with Gasteiger partial charge in [0.05, 0.1) is 18.2 Å². The summed E-state index contributed by atoms with van der Waals surface area (Å²) in [5.41, 5.74) is 10.0. The van der Waals surface area contributed by atoms with E-state index in [-0.39, 0.29) is 23.5 Å². The number of hydrogen-bond acceptors (Lipinski definition) is 4. The Kier molecular flexibility index (Phi) is 6.06. The van der Waals surface area contributed by atoms with Gasteiger partial charge in [0.1, 0.15) is 0 Å². The van der Waals surface area contributed by atoms with E-state index in [1.807, 2.05) is 44.2 Å². The molecule has 0 saturated carbocycles. The topological polar surface area (TPSA) is 84.7 Å². The monoisotopic (exact) mass is 409 g/mol. The van der Waals surface area contributed by atoms with Gasteiger partial charge in [-0.05, 0) is 74.1 Å². The summed E-state index contributed by atoms with van der Waals surface area (Å²) < 4.78 is 5.13. The summed E-state index contributed by atoms with van der Waals surface area (Å²) in [7, 11) is 0. The van der Waals surface area contributed by atoms with Crippen LogP contribution in [0.2, 0.25) is 0 Å². The quantitative estimate of drug-likeness (QED) is 0.689. The summed E-state index contributed by atoms with van der Waals surface area (Å²) in [6, 6.07) is 13.2. The fourth-order valence-electron chi connectivity index (χ4n) is 4.23. The Morgan fingerprint density at radius 3 is 2.60 bits per heavy atom. The van der Waals surface area contributed by atoms with Crippen molar-refractivity contribution in [3.8, 4) is 0 Å². The number of rotatable bonds is 5. The number of carbonyl (C=O) groups excluding carboxylic acids is 2. The van der Waals surface area contributed by atoms with Crippen molar-refractivity contribution < 1.29 is 14.3 Å². The van der Waals surface area contributed by atoms with Gasteiger partial charge in [-0.15, -0.1) is 0 Å². The molecular formula is C24H31N3O3. The maximum absolute atomic E-state index is 12.1. The smallest absolute Gasteiger partial charge is 0.338 e. The summed E-state index contributed by atoms with van der Waals surface area (Å²) in [6.45, 7) is 10.4. The molecule has 30 heavy (non-hydrogen) atoms. The molecule has 0 bridgehead atoms. The zero-order chi connectivity index (χ0) is 22.1. The van der Waals surface area contributed by atoms with Crippen LogP contribution in [0.4, 0.5) is 16.2 Å². The number of nitrogens with two attached hydrogens (primary N) is 1. The molecule has 6 heteroatoms. The van der Waals surface area contributed by atoms with Gasteiger partial charge >= 0.3 is 12.0 Å². The number of hydrogen-bond donors (Lipinski definition) is 2. The van der Waals surface area contributed by atoms with Crippen molar-refractivity contribution in [3.63, 3.8) is 0 Å². The van der Waals surface area contributed by atoms with E-state index in [0.717, 1.165) is 28.9 Å². The van der Waals surface area contributed by atoms with E-state index < -0.39 is 6.03 Å². The number of nitrogens with zero attached hydrogens (tertiary/aromatic N) is 1. The SMILES string of the molecule is CCOC(=O)c1ccc2c(c1)CC(C)(C)C(c1cccc(N(C(N)=O)C(C)C)c1)N2. The van der Waals surface area contributed by atoms with Gasteiger partial charge in [-0.1, -0.05) is 26.0 Å².